The van der Waals surface area contributed by atoms with Crippen LogP contribution in [0.15, 0.2) is 12.2 Å². The van der Waals surface area contributed by atoms with Crippen molar-refractivity contribution in [3.63, 3.8) is 0 Å². The van der Waals surface area contributed by atoms with Gasteiger partial charge in [0.15, 0.2) is 0 Å². The van der Waals surface area contributed by atoms with Crippen LogP contribution in [0.5, 0.6) is 0 Å². The second-order valence-electron chi connectivity index (χ2n) is 6.32. The van der Waals surface area contributed by atoms with E-state index in [4.69, 9.17) is 4.84 Å². The van der Waals surface area contributed by atoms with Gasteiger partial charge in [0.25, 0.3) is 24.1 Å². The van der Waals surface area contributed by atoms with E-state index in [2.05, 4.69) is 0 Å². The molecule has 2 aliphatic rings. The van der Waals surface area contributed by atoms with E-state index in [-0.39, 0.29) is 30.6 Å². The molecule has 0 aromatic rings. The number of nitrogens with zero attached hydrogens (tertiary/aromatic N) is 2. The number of carbonyl (C=O) groups excluding carboxylic acids is 5. The van der Waals surface area contributed by atoms with E-state index in [1.807, 2.05) is 13.8 Å². The van der Waals surface area contributed by atoms with Gasteiger partial charge >= 0.3 is 5.97 Å². The minimum absolute atomic E-state index is 0.130. The highest BCUT2D eigenvalue weighted by molar-refractivity contribution is 6.12. The van der Waals surface area contributed by atoms with Gasteiger partial charge in [-0.2, -0.15) is 0 Å². The molecule has 0 saturated heterocycles. The molecule has 8 heteroatoms. The van der Waals surface area contributed by atoms with Crippen LogP contribution in [0.25, 0.3) is 0 Å². The van der Waals surface area contributed by atoms with E-state index in [0.717, 1.165) is 0 Å². The molecule has 0 atom stereocenters. The van der Waals surface area contributed by atoms with Gasteiger partial charge in [-0.3, -0.25) is 24.1 Å². The lowest BCUT2D eigenvalue weighted by Crippen LogP contribution is -2.38. The third kappa shape index (κ3) is 6.30. The average Bonchev–Trinajstić information content (AvgIpc) is 3.00. The normalized spacial score (nSPS) is 21.4. The lowest BCUT2D eigenvalue weighted by molar-refractivity contribution is -0.200. The Bertz CT molecular complexity index is 575. The fourth-order valence-electron chi connectivity index (χ4n) is 3.08. The van der Waals surface area contributed by atoms with Gasteiger partial charge in [-0.25, -0.2) is 4.79 Å². The summed E-state index contributed by atoms with van der Waals surface area (Å²) in [6.07, 6.45) is 5.79. The van der Waals surface area contributed by atoms with Crippen LogP contribution in [0.3, 0.4) is 0 Å². The summed E-state index contributed by atoms with van der Waals surface area (Å²) in [5.74, 6) is -2.00. The van der Waals surface area contributed by atoms with E-state index in [1.54, 1.807) is 6.92 Å². The molecule has 1 aliphatic carbocycles. The number of imide groups is 2. The zero-order valence-corrected chi connectivity index (χ0v) is 16.2. The first-order valence-corrected chi connectivity index (χ1v) is 9.49. The van der Waals surface area contributed by atoms with Crippen molar-refractivity contribution < 1.29 is 28.8 Å². The molecule has 0 spiro atoms. The highest BCUT2D eigenvalue weighted by Gasteiger charge is 2.33. The SMILES string of the molecule is CC.CCCC(=O)N(C=O)OC(=O)C1CCC(CN2C(=O)C=CC2=O)CC1. The summed E-state index contributed by atoms with van der Waals surface area (Å²) < 4.78 is 0. The maximum Gasteiger partial charge on any atom is 0.336 e. The first kappa shape index (κ1) is 22.5. The van der Waals surface area contributed by atoms with Gasteiger partial charge in [-0.05, 0) is 38.0 Å². The molecule has 0 unspecified atom stereocenters. The summed E-state index contributed by atoms with van der Waals surface area (Å²) >= 11 is 0. The minimum atomic E-state index is -0.593. The Labute approximate surface area is 159 Å². The Morgan fingerprint density at radius 1 is 1.15 bits per heavy atom. The van der Waals surface area contributed by atoms with E-state index >= 15 is 0 Å². The molecular formula is C19H28N2O6. The van der Waals surface area contributed by atoms with Crippen LogP contribution >= 0.6 is 0 Å². The minimum Gasteiger partial charge on any atom is -0.330 e. The summed E-state index contributed by atoms with van der Waals surface area (Å²) in [6, 6.07) is 0. The van der Waals surface area contributed by atoms with Gasteiger partial charge in [0.1, 0.15) is 0 Å². The van der Waals surface area contributed by atoms with Crippen LogP contribution in [-0.4, -0.2) is 46.6 Å². The Morgan fingerprint density at radius 3 is 2.19 bits per heavy atom. The number of rotatable bonds is 6. The lowest BCUT2D eigenvalue weighted by atomic mass is 9.82. The predicted molar refractivity (Wildman–Crippen MR) is 96.6 cm³/mol. The Kier molecular flexibility index (Phi) is 9.39. The van der Waals surface area contributed by atoms with Gasteiger partial charge in [-0.15, -0.1) is 5.06 Å². The van der Waals surface area contributed by atoms with Gasteiger partial charge in [0, 0.05) is 25.1 Å². The summed E-state index contributed by atoms with van der Waals surface area (Å²) in [7, 11) is 0. The van der Waals surface area contributed by atoms with Gasteiger partial charge in [0.05, 0.1) is 5.92 Å². The van der Waals surface area contributed by atoms with Crippen LogP contribution in [0.4, 0.5) is 0 Å². The number of hydrogen-bond acceptors (Lipinski definition) is 6. The number of carbonyl (C=O) groups is 5. The zero-order chi connectivity index (χ0) is 20.4. The lowest BCUT2D eigenvalue weighted by Gasteiger charge is -2.29. The molecule has 0 bridgehead atoms. The summed E-state index contributed by atoms with van der Waals surface area (Å²) in [6.45, 7) is 6.14. The van der Waals surface area contributed by atoms with Crippen LogP contribution < -0.4 is 0 Å². The molecule has 4 amide bonds. The van der Waals surface area contributed by atoms with Crippen LogP contribution in [0.1, 0.15) is 59.3 Å². The molecule has 1 saturated carbocycles. The van der Waals surface area contributed by atoms with Crippen molar-refractivity contribution in [1.29, 1.82) is 0 Å². The largest absolute Gasteiger partial charge is 0.336 e. The number of hydrogen-bond donors (Lipinski definition) is 0. The summed E-state index contributed by atoms with van der Waals surface area (Å²) in [5, 5.41) is 0.463. The zero-order valence-electron chi connectivity index (χ0n) is 16.2. The molecule has 0 radical (unpaired) electrons. The van der Waals surface area contributed by atoms with Crippen molar-refractivity contribution in [3.8, 4) is 0 Å². The van der Waals surface area contributed by atoms with Crippen LogP contribution in [-0.2, 0) is 28.8 Å². The molecular weight excluding hydrogens is 352 g/mol. The molecule has 1 fully saturated rings. The Balaban J connectivity index is 0.00000176. The highest BCUT2D eigenvalue weighted by Crippen LogP contribution is 2.31. The molecule has 2 rings (SSSR count). The summed E-state index contributed by atoms with van der Waals surface area (Å²) in [5.41, 5.74) is 0. The summed E-state index contributed by atoms with van der Waals surface area (Å²) in [4.78, 5) is 63.9. The van der Waals surface area contributed by atoms with Crippen molar-refractivity contribution in [1.82, 2.24) is 9.96 Å². The van der Waals surface area contributed by atoms with Crippen molar-refractivity contribution in [2.45, 2.75) is 59.3 Å². The first-order chi connectivity index (χ1) is 13.0. The highest BCUT2D eigenvalue weighted by atomic mass is 16.7. The van der Waals surface area contributed by atoms with Gasteiger partial charge in [0.2, 0.25) is 0 Å². The van der Waals surface area contributed by atoms with E-state index in [9.17, 15) is 24.0 Å². The average molecular weight is 380 g/mol. The van der Waals surface area contributed by atoms with Crippen molar-refractivity contribution in [2.75, 3.05) is 6.54 Å². The monoisotopic (exact) mass is 380 g/mol. The third-order valence-corrected chi connectivity index (χ3v) is 4.52. The second-order valence-corrected chi connectivity index (χ2v) is 6.32. The third-order valence-electron chi connectivity index (χ3n) is 4.52. The first-order valence-electron chi connectivity index (χ1n) is 9.49. The molecule has 8 nitrogen and oxygen atoms in total. The van der Waals surface area contributed by atoms with Crippen molar-refractivity contribution >= 4 is 30.1 Å². The van der Waals surface area contributed by atoms with Gasteiger partial charge in [-0.1, -0.05) is 20.8 Å². The maximum absolute atomic E-state index is 12.1. The Hall–Kier alpha value is -2.51. The molecule has 27 heavy (non-hydrogen) atoms. The van der Waals surface area contributed by atoms with Crippen molar-refractivity contribution in [3.05, 3.63) is 12.2 Å². The van der Waals surface area contributed by atoms with Gasteiger partial charge < -0.3 is 4.84 Å². The van der Waals surface area contributed by atoms with E-state index < -0.39 is 17.8 Å². The molecule has 1 heterocycles. The molecule has 1 aliphatic heterocycles. The van der Waals surface area contributed by atoms with E-state index in [0.29, 0.717) is 43.7 Å². The van der Waals surface area contributed by atoms with Crippen LogP contribution in [0, 0.1) is 11.8 Å². The van der Waals surface area contributed by atoms with Crippen molar-refractivity contribution in [2.24, 2.45) is 11.8 Å². The Morgan fingerprint density at radius 2 is 1.70 bits per heavy atom. The molecule has 150 valence electrons. The standard InChI is InChI=1S/C17H22N2O6.C2H6/c1-2-3-16(23)19(11-20)25-17(24)13-6-4-12(5-7-13)10-18-14(21)8-9-15(18)22;1-2/h8-9,11-13H,2-7,10H2,1H3;1-2H3. The molecule has 0 aromatic carbocycles. The fourth-order valence-corrected chi connectivity index (χ4v) is 3.08. The topological polar surface area (TPSA) is 101 Å². The molecule has 0 N–H and O–H groups in total. The maximum atomic E-state index is 12.1. The number of amides is 4. The smallest absolute Gasteiger partial charge is 0.330 e. The van der Waals surface area contributed by atoms with Crippen LogP contribution in [0.2, 0.25) is 0 Å². The van der Waals surface area contributed by atoms with E-state index in [1.165, 1.54) is 17.1 Å². The second kappa shape index (κ2) is 11.3. The quantitative estimate of drug-likeness (QED) is 0.397. The fraction of sp³-hybridized carbons (Fsp3) is 0.632. The molecule has 0 aromatic heterocycles. The number of hydroxylamine groups is 2. The predicted octanol–water partition coefficient (Wildman–Crippen LogP) is 1.99.